The number of alkyl halides is 3. The second-order valence-electron chi connectivity index (χ2n) is 6.29. The maximum atomic E-state index is 12.6. The third kappa shape index (κ3) is 4.30. The lowest BCUT2D eigenvalue weighted by Crippen LogP contribution is -2.28. The van der Waals surface area contributed by atoms with Gasteiger partial charge >= 0.3 is 6.18 Å². The molecule has 8 heteroatoms. The summed E-state index contributed by atoms with van der Waals surface area (Å²) in [5.41, 5.74) is 7.20. The summed E-state index contributed by atoms with van der Waals surface area (Å²) in [5.74, 6) is 0.916. The molecule has 0 saturated heterocycles. The van der Waals surface area contributed by atoms with Gasteiger partial charge in [-0.15, -0.1) is 0 Å². The van der Waals surface area contributed by atoms with Crippen LogP contribution < -0.4 is 11.1 Å². The number of nitrogens with zero attached hydrogens (tertiary/aromatic N) is 2. The SMILES string of the molecule is CC1(c2cccc(NCc3ccc(C(F)(F)F)cn3)c2)CCSC(N)=N1. The Hall–Kier alpha value is -2.22. The average molecular weight is 380 g/mol. The van der Waals surface area contributed by atoms with Crippen LogP contribution in [0.3, 0.4) is 0 Å². The van der Waals surface area contributed by atoms with E-state index in [9.17, 15) is 13.2 Å². The number of aromatic nitrogens is 1. The third-order valence-corrected chi connectivity index (χ3v) is 5.10. The number of amidine groups is 1. The van der Waals surface area contributed by atoms with E-state index in [4.69, 9.17) is 5.73 Å². The van der Waals surface area contributed by atoms with Crippen molar-refractivity contribution in [3.05, 3.63) is 59.4 Å². The van der Waals surface area contributed by atoms with E-state index in [0.717, 1.165) is 35.7 Å². The first kappa shape index (κ1) is 18.6. The van der Waals surface area contributed by atoms with Gasteiger partial charge in [-0.2, -0.15) is 13.2 Å². The zero-order valence-electron chi connectivity index (χ0n) is 14.2. The second kappa shape index (κ2) is 7.19. The second-order valence-corrected chi connectivity index (χ2v) is 7.41. The first-order valence-electron chi connectivity index (χ1n) is 8.11. The Kier molecular flexibility index (Phi) is 5.13. The summed E-state index contributed by atoms with van der Waals surface area (Å²) in [6, 6.07) is 10.3. The fraction of sp³-hybridized carbons (Fsp3) is 0.333. The summed E-state index contributed by atoms with van der Waals surface area (Å²) in [6.45, 7) is 2.38. The minimum atomic E-state index is -4.37. The molecule has 0 aliphatic carbocycles. The highest BCUT2D eigenvalue weighted by molar-refractivity contribution is 8.13. The predicted octanol–water partition coefficient (Wildman–Crippen LogP) is 4.38. The Balaban J connectivity index is 1.71. The van der Waals surface area contributed by atoms with E-state index >= 15 is 0 Å². The molecule has 138 valence electrons. The number of hydrogen-bond acceptors (Lipinski definition) is 5. The Labute approximate surface area is 154 Å². The smallest absolute Gasteiger partial charge is 0.379 e. The number of benzene rings is 1. The molecule has 0 fully saturated rings. The first-order valence-corrected chi connectivity index (χ1v) is 9.09. The van der Waals surface area contributed by atoms with E-state index in [1.807, 2.05) is 24.3 Å². The Morgan fingerprint density at radius 3 is 2.73 bits per heavy atom. The van der Waals surface area contributed by atoms with E-state index in [1.165, 1.54) is 6.07 Å². The van der Waals surface area contributed by atoms with Crippen LogP contribution in [-0.4, -0.2) is 15.9 Å². The number of anilines is 1. The summed E-state index contributed by atoms with van der Waals surface area (Å²) in [4.78, 5) is 8.46. The number of halogens is 3. The number of aliphatic imine (C=N–C) groups is 1. The van der Waals surface area contributed by atoms with Crippen molar-refractivity contribution in [2.45, 2.75) is 31.6 Å². The van der Waals surface area contributed by atoms with Gasteiger partial charge in [0, 0.05) is 17.6 Å². The Morgan fingerprint density at radius 2 is 2.08 bits per heavy atom. The standard InChI is InChI=1S/C18H19F3N4S/c1-17(7-8-26-16(22)25-17)12-3-2-4-14(9-12)24-11-15-6-5-13(10-23-15)18(19,20)21/h2-6,9-10,24H,7-8,11H2,1H3,(H2,22,25). The number of thioether (sulfide) groups is 1. The molecule has 26 heavy (non-hydrogen) atoms. The molecule has 2 aromatic rings. The summed E-state index contributed by atoms with van der Waals surface area (Å²) in [6.07, 6.45) is -2.63. The van der Waals surface area contributed by atoms with Crippen LogP contribution in [0.1, 0.15) is 30.2 Å². The lowest BCUT2D eigenvalue weighted by atomic mass is 9.89. The molecule has 0 saturated carbocycles. The topological polar surface area (TPSA) is 63.3 Å². The molecule has 1 aromatic heterocycles. The minimum absolute atomic E-state index is 0.333. The molecule has 1 aromatic carbocycles. The van der Waals surface area contributed by atoms with Crippen molar-refractivity contribution < 1.29 is 13.2 Å². The lowest BCUT2D eigenvalue weighted by molar-refractivity contribution is -0.137. The monoisotopic (exact) mass is 380 g/mol. The number of nitrogens with two attached hydrogens (primary N) is 1. The lowest BCUT2D eigenvalue weighted by Gasteiger charge is -2.30. The molecular weight excluding hydrogens is 361 g/mol. The van der Waals surface area contributed by atoms with Crippen LogP contribution in [-0.2, 0) is 18.3 Å². The zero-order valence-corrected chi connectivity index (χ0v) is 15.0. The van der Waals surface area contributed by atoms with Crippen LogP contribution in [0.2, 0.25) is 0 Å². The minimum Gasteiger partial charge on any atom is -0.379 e. The van der Waals surface area contributed by atoms with Crippen molar-refractivity contribution in [3.63, 3.8) is 0 Å². The predicted molar refractivity (Wildman–Crippen MR) is 99.1 cm³/mol. The maximum absolute atomic E-state index is 12.6. The van der Waals surface area contributed by atoms with Gasteiger partial charge in [0.15, 0.2) is 5.17 Å². The van der Waals surface area contributed by atoms with E-state index in [1.54, 1.807) is 11.8 Å². The van der Waals surface area contributed by atoms with Gasteiger partial charge in [-0.3, -0.25) is 9.98 Å². The molecule has 3 N–H and O–H groups in total. The Morgan fingerprint density at radius 1 is 1.27 bits per heavy atom. The van der Waals surface area contributed by atoms with Crippen LogP contribution in [0, 0.1) is 0 Å². The quantitative estimate of drug-likeness (QED) is 0.826. The van der Waals surface area contributed by atoms with Gasteiger partial charge in [-0.05, 0) is 43.2 Å². The molecule has 1 atom stereocenters. The molecular formula is C18H19F3N4S. The number of nitrogens with one attached hydrogen (secondary N) is 1. The van der Waals surface area contributed by atoms with E-state index in [2.05, 4.69) is 22.2 Å². The number of pyridine rings is 1. The van der Waals surface area contributed by atoms with Crippen molar-refractivity contribution in [1.82, 2.24) is 4.98 Å². The third-order valence-electron chi connectivity index (χ3n) is 4.31. The molecule has 0 spiro atoms. The number of hydrogen-bond donors (Lipinski definition) is 2. The largest absolute Gasteiger partial charge is 0.417 e. The highest BCUT2D eigenvalue weighted by Gasteiger charge is 2.31. The van der Waals surface area contributed by atoms with Crippen molar-refractivity contribution in [3.8, 4) is 0 Å². The van der Waals surface area contributed by atoms with Crippen molar-refractivity contribution in [2.75, 3.05) is 11.1 Å². The van der Waals surface area contributed by atoms with Gasteiger partial charge in [0.25, 0.3) is 0 Å². The summed E-state index contributed by atoms with van der Waals surface area (Å²) < 4.78 is 37.7. The van der Waals surface area contributed by atoms with Gasteiger partial charge < -0.3 is 11.1 Å². The van der Waals surface area contributed by atoms with Crippen LogP contribution >= 0.6 is 11.8 Å². The first-order chi connectivity index (χ1) is 12.3. The molecule has 1 aliphatic heterocycles. The zero-order chi connectivity index (χ0) is 18.8. The fourth-order valence-corrected chi connectivity index (χ4v) is 3.72. The molecule has 4 nitrogen and oxygen atoms in total. The average Bonchev–Trinajstić information content (AvgIpc) is 2.60. The van der Waals surface area contributed by atoms with Gasteiger partial charge in [-0.1, -0.05) is 23.9 Å². The molecule has 1 unspecified atom stereocenters. The van der Waals surface area contributed by atoms with Gasteiger partial charge in [0.05, 0.1) is 23.3 Å². The molecule has 0 bridgehead atoms. The van der Waals surface area contributed by atoms with E-state index in [-0.39, 0.29) is 5.54 Å². The fourth-order valence-electron chi connectivity index (χ4n) is 2.75. The van der Waals surface area contributed by atoms with Crippen LogP contribution in [0.5, 0.6) is 0 Å². The molecule has 0 amide bonds. The molecule has 2 heterocycles. The van der Waals surface area contributed by atoms with Crippen LogP contribution in [0.25, 0.3) is 0 Å². The molecule has 3 rings (SSSR count). The van der Waals surface area contributed by atoms with Gasteiger partial charge in [0.2, 0.25) is 0 Å². The van der Waals surface area contributed by atoms with Gasteiger partial charge in [0.1, 0.15) is 0 Å². The van der Waals surface area contributed by atoms with E-state index < -0.39 is 11.7 Å². The summed E-state index contributed by atoms with van der Waals surface area (Å²) in [7, 11) is 0. The summed E-state index contributed by atoms with van der Waals surface area (Å²) >= 11 is 1.55. The van der Waals surface area contributed by atoms with Crippen molar-refractivity contribution in [1.29, 1.82) is 0 Å². The Bertz CT molecular complexity index is 805. The van der Waals surface area contributed by atoms with Crippen LogP contribution in [0.15, 0.2) is 47.6 Å². The van der Waals surface area contributed by atoms with Crippen molar-refractivity contribution in [2.24, 2.45) is 10.7 Å². The summed E-state index contributed by atoms with van der Waals surface area (Å²) in [5, 5.41) is 3.79. The van der Waals surface area contributed by atoms with E-state index in [0.29, 0.717) is 17.4 Å². The maximum Gasteiger partial charge on any atom is 0.417 e. The van der Waals surface area contributed by atoms with Crippen LogP contribution in [0.4, 0.5) is 18.9 Å². The molecule has 1 aliphatic rings. The normalized spacial score (nSPS) is 20.5. The highest BCUT2D eigenvalue weighted by atomic mass is 32.2. The van der Waals surface area contributed by atoms with Crippen molar-refractivity contribution >= 4 is 22.6 Å². The highest BCUT2D eigenvalue weighted by Crippen LogP contribution is 2.36. The van der Waals surface area contributed by atoms with Gasteiger partial charge in [-0.25, -0.2) is 0 Å². The number of rotatable bonds is 4. The molecule has 0 radical (unpaired) electrons.